The van der Waals surface area contributed by atoms with E-state index < -0.39 is 103 Å². The number of hydrogen-bond acceptors (Lipinski definition) is 18. The number of ketones is 1. The molecule has 0 bridgehead atoms. The summed E-state index contributed by atoms with van der Waals surface area (Å²) in [6.45, 7) is 9.13. The van der Waals surface area contributed by atoms with Crippen LogP contribution in [0, 0.1) is 11.3 Å². The van der Waals surface area contributed by atoms with Gasteiger partial charge in [0.05, 0.1) is 19.8 Å². The smallest absolute Gasteiger partial charge is 0.320 e. The summed E-state index contributed by atoms with van der Waals surface area (Å²) in [5.74, 6) is -2.77. The predicted octanol–water partition coefficient (Wildman–Crippen LogP) is -2.32. The molecular formula is C41H64N2O19. The number of carbonyl (C=O) groups excluding carboxylic acids is 1. The van der Waals surface area contributed by atoms with Crippen molar-refractivity contribution in [3.8, 4) is 0 Å². The van der Waals surface area contributed by atoms with Gasteiger partial charge in [0.15, 0.2) is 12.6 Å². The molecule has 0 spiro atoms. The van der Waals surface area contributed by atoms with E-state index in [-0.39, 0.29) is 44.7 Å². The minimum Gasteiger partial charge on any atom is -0.481 e. The number of Topliss-reactive ketones (excluding diaryl/α,β-unsaturated/α-hetero) is 1. The van der Waals surface area contributed by atoms with E-state index in [1.807, 2.05) is 50.3 Å². The van der Waals surface area contributed by atoms with Gasteiger partial charge in [0.2, 0.25) is 0 Å². The number of carboxylic acids is 3. The molecule has 21 heteroatoms. The Labute approximate surface area is 358 Å². The Morgan fingerprint density at radius 2 is 1.15 bits per heavy atom. The summed E-state index contributed by atoms with van der Waals surface area (Å²) in [5.41, 5.74) is 12.7. The maximum Gasteiger partial charge on any atom is 0.320 e. The Morgan fingerprint density at radius 1 is 0.710 bits per heavy atom. The van der Waals surface area contributed by atoms with E-state index >= 15 is 0 Å². The minimum atomic E-state index is -1.60. The molecule has 2 saturated heterocycles. The van der Waals surface area contributed by atoms with E-state index in [1.54, 1.807) is 0 Å². The van der Waals surface area contributed by atoms with Crippen LogP contribution < -0.4 is 11.5 Å². The van der Waals surface area contributed by atoms with E-state index in [9.17, 15) is 39.6 Å². The zero-order valence-electron chi connectivity index (χ0n) is 34.9. The molecule has 352 valence electrons. The molecule has 4 rings (SSSR count). The molecule has 12 atom stereocenters. The molecule has 1 aromatic carbocycles. The highest BCUT2D eigenvalue weighted by atomic mass is 16.7. The number of rotatable bonds is 16. The average Bonchev–Trinajstić information content (AvgIpc) is 3.22. The first-order valence-corrected chi connectivity index (χ1v) is 19.6. The lowest BCUT2D eigenvalue weighted by Gasteiger charge is -2.38. The Hall–Kier alpha value is -4.04. The van der Waals surface area contributed by atoms with Crippen molar-refractivity contribution in [1.82, 2.24) is 0 Å². The van der Waals surface area contributed by atoms with Crippen molar-refractivity contribution >= 4 is 23.7 Å². The van der Waals surface area contributed by atoms with Gasteiger partial charge in [-0.15, -0.1) is 0 Å². The van der Waals surface area contributed by atoms with Crippen LogP contribution in [0.3, 0.4) is 0 Å². The molecule has 21 nitrogen and oxygen atoms in total. The van der Waals surface area contributed by atoms with Crippen LogP contribution in [0.25, 0.3) is 0 Å². The molecule has 0 saturated carbocycles. The van der Waals surface area contributed by atoms with Gasteiger partial charge in [0.25, 0.3) is 0 Å². The maximum atomic E-state index is 12.5. The molecule has 2 aliphatic heterocycles. The van der Waals surface area contributed by atoms with E-state index in [1.165, 1.54) is 0 Å². The van der Waals surface area contributed by atoms with Gasteiger partial charge in [-0.1, -0.05) is 75.9 Å². The third-order valence-corrected chi connectivity index (χ3v) is 9.74. The van der Waals surface area contributed by atoms with Crippen LogP contribution in [0.5, 0.6) is 0 Å². The normalized spacial score (nSPS) is 28.1. The highest BCUT2D eigenvalue weighted by molar-refractivity contribution is 5.85. The summed E-state index contributed by atoms with van der Waals surface area (Å²) in [4.78, 5) is 43.2. The van der Waals surface area contributed by atoms with E-state index in [0.717, 1.165) is 16.7 Å². The van der Waals surface area contributed by atoms with Gasteiger partial charge >= 0.3 is 17.9 Å². The summed E-state index contributed by atoms with van der Waals surface area (Å²) < 4.78 is 15.1. The van der Waals surface area contributed by atoms with Gasteiger partial charge in [-0.3, -0.25) is 19.2 Å². The molecule has 1 aromatic rings. The number of aliphatic hydroxyl groups is 9. The van der Waals surface area contributed by atoms with Gasteiger partial charge < -0.3 is 87.0 Å². The van der Waals surface area contributed by atoms with Crippen LogP contribution in [0.2, 0.25) is 0 Å². The molecule has 16 N–H and O–H groups in total. The number of nitrogens with two attached hydrogens (primary N) is 2. The fraction of sp³-hybridized carbons (Fsp3) is 0.610. The molecule has 0 radical (unpaired) electrons. The van der Waals surface area contributed by atoms with Crippen molar-refractivity contribution in [2.45, 2.75) is 133 Å². The van der Waals surface area contributed by atoms with Gasteiger partial charge in [-0.05, 0) is 41.9 Å². The number of allylic oxidation sites excluding steroid dienone is 5. The largest absolute Gasteiger partial charge is 0.481 e. The molecule has 6 unspecified atom stereocenters. The summed E-state index contributed by atoms with van der Waals surface area (Å²) in [7, 11) is 0. The highest BCUT2D eigenvalue weighted by Gasteiger charge is 2.43. The van der Waals surface area contributed by atoms with Gasteiger partial charge in [0, 0.05) is 18.3 Å². The molecule has 3 aliphatic rings. The van der Waals surface area contributed by atoms with Crippen LogP contribution >= 0.6 is 0 Å². The van der Waals surface area contributed by atoms with Crippen molar-refractivity contribution in [3.63, 3.8) is 0 Å². The average molecular weight is 889 g/mol. The van der Waals surface area contributed by atoms with Crippen molar-refractivity contribution in [3.05, 3.63) is 71.8 Å². The number of carbonyl (C=O) groups is 4. The van der Waals surface area contributed by atoms with Crippen LogP contribution in [-0.2, 0) is 46.4 Å². The standard InChI is InChI=1S/C22H33NO9.C8H10.C6H12O6.C5H9NO4/c1-22(2,16(24)8-7-14(23)20(28)29)9-12-3-5-13(6-4-12)10-31-11-15-17(25)18(26)19(27)21(30)32-15;1-7-3-5-8(2)6-4-7;7-1-2-3(8)4(9)5(10)6(11)12-2;6-3(5(9)10)1-2-4(7)8/h3-6,14-15,17-19,21,25-27,30H,7-11,23H2,1-2H3,(H,28,29);3-6,8H,1H2,2H3;2-11H,1H2;3H,1-2,6H2,(H,7,8)(H,9,10)/t14-,15?,17+,18-,19?,21?;;2?,3-,4+,5?,6?;3-/m0.10/s1. The summed E-state index contributed by atoms with van der Waals surface area (Å²) in [6.07, 6.45) is -5.30. The quantitative estimate of drug-likeness (QED) is 0.0828. The fourth-order valence-electron chi connectivity index (χ4n) is 5.63. The second kappa shape index (κ2) is 27.2. The van der Waals surface area contributed by atoms with Gasteiger partial charge in [-0.25, -0.2) is 0 Å². The maximum absolute atomic E-state index is 12.5. The Balaban J connectivity index is 0.000000515. The second-order valence-electron chi connectivity index (χ2n) is 15.6. The first-order valence-electron chi connectivity index (χ1n) is 19.6. The Kier molecular flexibility index (Phi) is 24.6. The van der Waals surface area contributed by atoms with Crippen molar-refractivity contribution < 1.29 is 94.7 Å². The SMILES string of the molecule is C=C1C=CC(C)C=C1.CC(C)(Cc1ccc(COCC2OC(O)C(O)[C@@H](O)[C@@H]2O)cc1)C(=O)CC[C@H](N)C(=O)O.N[C@@H](CCC(=O)O)C(=O)O.OCC1OC(O)C(O)[C@@H](O)[C@@H]1O. The molecule has 2 heterocycles. The number of hydrogen-bond donors (Lipinski definition) is 14. The van der Waals surface area contributed by atoms with E-state index in [2.05, 4.69) is 30.4 Å². The van der Waals surface area contributed by atoms with Gasteiger partial charge in [-0.2, -0.15) is 0 Å². The van der Waals surface area contributed by atoms with Crippen LogP contribution in [0.1, 0.15) is 57.6 Å². The van der Waals surface area contributed by atoms with E-state index in [4.69, 9.17) is 61.8 Å². The molecule has 2 fully saturated rings. The zero-order chi connectivity index (χ0) is 47.5. The first-order chi connectivity index (χ1) is 28.8. The van der Waals surface area contributed by atoms with Crippen LogP contribution in [0.4, 0.5) is 0 Å². The monoisotopic (exact) mass is 888 g/mol. The van der Waals surface area contributed by atoms with E-state index in [0.29, 0.717) is 12.3 Å². The lowest BCUT2D eigenvalue weighted by Crippen LogP contribution is -2.58. The number of aliphatic hydroxyl groups excluding tert-OH is 9. The summed E-state index contributed by atoms with van der Waals surface area (Å²) >= 11 is 0. The number of carboxylic acid groups (broad SMARTS) is 3. The minimum absolute atomic E-state index is 0.0231. The topological polar surface area (TPSA) is 391 Å². The molecule has 62 heavy (non-hydrogen) atoms. The van der Waals surface area contributed by atoms with Crippen LogP contribution in [0.15, 0.2) is 60.7 Å². The molecule has 0 amide bonds. The fourth-order valence-corrected chi connectivity index (χ4v) is 5.63. The zero-order valence-corrected chi connectivity index (χ0v) is 34.9. The third-order valence-electron chi connectivity index (χ3n) is 9.74. The van der Waals surface area contributed by atoms with Crippen molar-refractivity contribution in [1.29, 1.82) is 0 Å². The molecule has 1 aliphatic carbocycles. The van der Waals surface area contributed by atoms with Crippen molar-refractivity contribution in [2.75, 3.05) is 13.2 Å². The number of benzene rings is 1. The van der Waals surface area contributed by atoms with Crippen molar-refractivity contribution in [2.24, 2.45) is 22.8 Å². The van der Waals surface area contributed by atoms with Gasteiger partial charge in [0.1, 0.15) is 66.7 Å². The van der Waals surface area contributed by atoms with Crippen LogP contribution in [-0.4, -0.2) is 172 Å². The Morgan fingerprint density at radius 3 is 1.58 bits per heavy atom. The predicted molar refractivity (Wildman–Crippen MR) is 217 cm³/mol. The summed E-state index contributed by atoms with van der Waals surface area (Å²) in [6, 6.07) is 5.30. The molecular weight excluding hydrogens is 824 g/mol. The number of aliphatic carboxylic acids is 3. The third kappa shape index (κ3) is 19.6. The molecule has 0 aromatic heterocycles. The highest BCUT2D eigenvalue weighted by Crippen LogP contribution is 2.26. The second-order valence-corrected chi connectivity index (χ2v) is 15.6. The lowest BCUT2D eigenvalue weighted by molar-refractivity contribution is -0.289. The number of ether oxygens (including phenoxy) is 3. The first kappa shape index (κ1) is 56.0. The lowest BCUT2D eigenvalue weighted by atomic mass is 9.79. The Bertz CT molecular complexity index is 1600. The summed E-state index contributed by atoms with van der Waals surface area (Å²) in [5, 5.41) is 108.